The molecule has 3 nitrogen and oxygen atoms in total. The predicted molar refractivity (Wildman–Crippen MR) is 37.6 cm³/mol. The Balaban J connectivity index is 3.25. The summed E-state index contributed by atoms with van der Waals surface area (Å²) >= 11 is 0. The molecular weight excluding hydrogens is 132 g/mol. The zero-order valence-electron chi connectivity index (χ0n) is 6.21. The average molecular weight is 146 g/mol. The second-order valence-electron chi connectivity index (χ2n) is 2.43. The van der Waals surface area contributed by atoms with E-state index < -0.39 is 6.10 Å². The van der Waals surface area contributed by atoms with Gasteiger partial charge in [-0.2, -0.15) is 0 Å². The molecule has 0 aliphatic rings. The molecule has 0 aliphatic carbocycles. The molecule has 0 bridgehead atoms. The summed E-state index contributed by atoms with van der Waals surface area (Å²) in [6.07, 6.45) is 0.717. The summed E-state index contributed by atoms with van der Waals surface area (Å²) in [6.45, 7) is 1.52. The second-order valence-corrected chi connectivity index (χ2v) is 2.43. The van der Waals surface area contributed by atoms with Crippen molar-refractivity contribution in [1.82, 2.24) is 0 Å². The van der Waals surface area contributed by atoms with Crippen LogP contribution < -0.4 is 0 Å². The maximum absolute atomic E-state index is 10.4. The van der Waals surface area contributed by atoms with Crippen molar-refractivity contribution in [2.75, 3.05) is 6.61 Å². The summed E-state index contributed by atoms with van der Waals surface area (Å²) in [6, 6.07) is 0. The van der Waals surface area contributed by atoms with Gasteiger partial charge >= 0.3 is 0 Å². The maximum Gasteiger partial charge on any atom is 0.132 e. The van der Waals surface area contributed by atoms with E-state index in [1.54, 1.807) is 0 Å². The van der Waals surface area contributed by atoms with Gasteiger partial charge in [0.05, 0.1) is 6.10 Å². The van der Waals surface area contributed by atoms with Crippen LogP contribution in [0.4, 0.5) is 0 Å². The molecule has 0 radical (unpaired) electrons. The summed E-state index contributed by atoms with van der Waals surface area (Å²) in [5.41, 5.74) is 0. The SMILES string of the molecule is CC(=O)CC(O)CCCO. The lowest BCUT2D eigenvalue weighted by atomic mass is 10.1. The summed E-state index contributed by atoms with van der Waals surface area (Å²) in [7, 11) is 0. The highest BCUT2D eigenvalue weighted by Crippen LogP contribution is 2.00. The van der Waals surface area contributed by atoms with Crippen molar-refractivity contribution in [2.45, 2.75) is 32.3 Å². The van der Waals surface area contributed by atoms with Crippen LogP contribution in [0.3, 0.4) is 0 Å². The topological polar surface area (TPSA) is 57.5 Å². The van der Waals surface area contributed by atoms with Crippen molar-refractivity contribution in [3.8, 4) is 0 Å². The molecule has 2 N–H and O–H groups in total. The molecule has 60 valence electrons. The molecule has 1 atom stereocenters. The number of ketones is 1. The second kappa shape index (κ2) is 5.38. The molecule has 0 saturated carbocycles. The van der Waals surface area contributed by atoms with Crippen molar-refractivity contribution in [3.63, 3.8) is 0 Å². The van der Waals surface area contributed by atoms with Crippen molar-refractivity contribution in [1.29, 1.82) is 0 Å². The smallest absolute Gasteiger partial charge is 0.132 e. The molecular formula is C7H14O3. The van der Waals surface area contributed by atoms with E-state index in [9.17, 15) is 4.79 Å². The van der Waals surface area contributed by atoms with Gasteiger partial charge < -0.3 is 10.2 Å². The number of hydrogen-bond donors (Lipinski definition) is 2. The Morgan fingerprint density at radius 1 is 1.60 bits per heavy atom. The van der Waals surface area contributed by atoms with Crippen LogP contribution >= 0.6 is 0 Å². The molecule has 0 aromatic carbocycles. The van der Waals surface area contributed by atoms with E-state index in [2.05, 4.69) is 0 Å². The standard InChI is InChI=1S/C7H14O3/c1-6(9)5-7(10)3-2-4-8/h7-8,10H,2-5H2,1H3. The lowest BCUT2D eigenvalue weighted by molar-refractivity contribution is -0.118. The van der Waals surface area contributed by atoms with Crippen molar-refractivity contribution in [2.24, 2.45) is 0 Å². The summed E-state index contributed by atoms with van der Waals surface area (Å²) in [5.74, 6) is -0.00885. The molecule has 0 aromatic rings. The number of carbonyl (C=O) groups excluding carboxylic acids is 1. The number of aliphatic hydroxyl groups is 2. The Bertz CT molecular complexity index is 101. The fourth-order valence-corrected chi connectivity index (χ4v) is 0.761. The van der Waals surface area contributed by atoms with Crippen LogP contribution in [0.25, 0.3) is 0 Å². The highest BCUT2D eigenvalue weighted by atomic mass is 16.3. The number of aliphatic hydroxyl groups excluding tert-OH is 2. The molecule has 3 heteroatoms. The van der Waals surface area contributed by atoms with Gasteiger partial charge in [0.2, 0.25) is 0 Å². The van der Waals surface area contributed by atoms with Crippen molar-refractivity contribution in [3.05, 3.63) is 0 Å². The summed E-state index contributed by atoms with van der Waals surface area (Å²) in [5, 5.41) is 17.4. The first-order valence-corrected chi connectivity index (χ1v) is 3.45. The Hall–Kier alpha value is -0.410. The van der Waals surface area contributed by atoms with E-state index in [4.69, 9.17) is 10.2 Å². The van der Waals surface area contributed by atoms with Crippen LogP contribution in [-0.2, 0) is 4.79 Å². The minimum absolute atomic E-state index is 0.00885. The van der Waals surface area contributed by atoms with Gasteiger partial charge in [-0.3, -0.25) is 4.79 Å². The number of rotatable bonds is 5. The first kappa shape index (κ1) is 9.59. The van der Waals surface area contributed by atoms with Crippen molar-refractivity contribution >= 4 is 5.78 Å². The lowest BCUT2D eigenvalue weighted by Gasteiger charge is -2.05. The molecule has 0 fully saturated rings. The fourth-order valence-electron chi connectivity index (χ4n) is 0.761. The normalized spacial score (nSPS) is 13.1. The minimum atomic E-state index is -0.565. The number of Topliss-reactive ketones (excluding diaryl/α,β-unsaturated/α-hetero) is 1. The van der Waals surface area contributed by atoms with E-state index in [-0.39, 0.29) is 18.8 Å². The van der Waals surface area contributed by atoms with E-state index in [0.29, 0.717) is 12.8 Å². The quantitative estimate of drug-likeness (QED) is 0.578. The maximum atomic E-state index is 10.4. The van der Waals surface area contributed by atoms with Gasteiger partial charge in [0.15, 0.2) is 0 Å². The van der Waals surface area contributed by atoms with Crippen molar-refractivity contribution < 1.29 is 15.0 Å². The van der Waals surface area contributed by atoms with Gasteiger partial charge in [-0.05, 0) is 19.8 Å². The number of hydrogen-bond acceptors (Lipinski definition) is 3. The molecule has 1 unspecified atom stereocenters. The lowest BCUT2D eigenvalue weighted by Crippen LogP contribution is -2.11. The molecule has 0 amide bonds. The molecule has 0 saturated heterocycles. The zero-order chi connectivity index (χ0) is 7.98. The van der Waals surface area contributed by atoms with Gasteiger partial charge in [0, 0.05) is 13.0 Å². The van der Waals surface area contributed by atoms with E-state index in [0.717, 1.165) is 0 Å². The Kier molecular flexibility index (Phi) is 5.16. The Morgan fingerprint density at radius 2 is 2.20 bits per heavy atom. The summed E-state index contributed by atoms with van der Waals surface area (Å²) in [4.78, 5) is 10.4. The van der Waals surface area contributed by atoms with Gasteiger partial charge in [-0.1, -0.05) is 0 Å². The molecule has 0 aromatic heterocycles. The molecule has 10 heavy (non-hydrogen) atoms. The number of carbonyl (C=O) groups is 1. The molecule has 0 aliphatic heterocycles. The molecule has 0 heterocycles. The summed E-state index contributed by atoms with van der Waals surface area (Å²) < 4.78 is 0. The average Bonchev–Trinajstić information content (AvgIpc) is 1.82. The molecule has 0 rings (SSSR count). The van der Waals surface area contributed by atoms with Gasteiger partial charge in [-0.25, -0.2) is 0 Å². The third kappa shape index (κ3) is 5.72. The highest BCUT2D eigenvalue weighted by Gasteiger charge is 2.05. The van der Waals surface area contributed by atoms with Gasteiger partial charge in [0.1, 0.15) is 5.78 Å². The largest absolute Gasteiger partial charge is 0.396 e. The van der Waals surface area contributed by atoms with Crippen LogP contribution in [0.15, 0.2) is 0 Å². The minimum Gasteiger partial charge on any atom is -0.396 e. The van der Waals surface area contributed by atoms with Crippen LogP contribution in [0.1, 0.15) is 26.2 Å². The molecule has 0 spiro atoms. The van der Waals surface area contributed by atoms with Gasteiger partial charge in [-0.15, -0.1) is 0 Å². The monoisotopic (exact) mass is 146 g/mol. The van der Waals surface area contributed by atoms with Gasteiger partial charge in [0.25, 0.3) is 0 Å². The van der Waals surface area contributed by atoms with E-state index >= 15 is 0 Å². The fraction of sp³-hybridized carbons (Fsp3) is 0.857. The first-order chi connectivity index (χ1) is 4.66. The third-order valence-electron chi connectivity index (χ3n) is 1.22. The Labute approximate surface area is 60.7 Å². The van der Waals surface area contributed by atoms with E-state index in [1.165, 1.54) is 6.92 Å². The third-order valence-corrected chi connectivity index (χ3v) is 1.22. The predicted octanol–water partition coefficient (Wildman–Crippen LogP) is 0.0989. The van der Waals surface area contributed by atoms with E-state index in [1.807, 2.05) is 0 Å². The highest BCUT2D eigenvalue weighted by molar-refractivity contribution is 5.75. The Morgan fingerprint density at radius 3 is 2.60 bits per heavy atom. The van der Waals surface area contributed by atoms with Crippen LogP contribution in [0.5, 0.6) is 0 Å². The van der Waals surface area contributed by atoms with Crippen LogP contribution in [0.2, 0.25) is 0 Å². The zero-order valence-corrected chi connectivity index (χ0v) is 6.21. The van der Waals surface area contributed by atoms with Crippen LogP contribution in [0, 0.1) is 0 Å². The first-order valence-electron chi connectivity index (χ1n) is 3.45. The van der Waals surface area contributed by atoms with Crippen LogP contribution in [-0.4, -0.2) is 28.7 Å².